The van der Waals surface area contributed by atoms with Crippen molar-refractivity contribution in [1.29, 1.82) is 0 Å². The lowest BCUT2D eigenvalue weighted by atomic mass is 10.0. The quantitative estimate of drug-likeness (QED) is 0.828. The zero-order chi connectivity index (χ0) is 14.5. The summed E-state index contributed by atoms with van der Waals surface area (Å²) >= 11 is 3.25. The lowest BCUT2D eigenvalue weighted by molar-refractivity contribution is 0.396. The first-order chi connectivity index (χ1) is 9.60. The molecule has 0 bridgehead atoms. The van der Waals surface area contributed by atoms with Gasteiger partial charge in [-0.15, -0.1) is 0 Å². The summed E-state index contributed by atoms with van der Waals surface area (Å²) in [5.74, 6) is -0.134. The molecule has 1 N–H and O–H groups in total. The highest BCUT2D eigenvalue weighted by Crippen LogP contribution is 2.25. The summed E-state index contributed by atoms with van der Waals surface area (Å²) in [6, 6.07) is 6.94. The van der Waals surface area contributed by atoms with Crippen LogP contribution in [0.25, 0.3) is 0 Å². The van der Waals surface area contributed by atoms with Gasteiger partial charge in [-0.1, -0.05) is 6.92 Å². The van der Waals surface area contributed by atoms with Crippen molar-refractivity contribution in [3.63, 3.8) is 0 Å². The minimum Gasteiger partial charge on any atom is -0.453 e. The van der Waals surface area contributed by atoms with Crippen LogP contribution in [0.3, 0.4) is 0 Å². The van der Waals surface area contributed by atoms with Crippen LogP contribution in [0.4, 0.5) is 8.78 Å². The largest absolute Gasteiger partial charge is 0.453 e. The Hall–Kier alpha value is -1.20. The predicted octanol–water partition coefficient (Wildman–Crippen LogP) is 4.60. The second kappa shape index (κ2) is 6.99. The Labute approximate surface area is 125 Å². The molecule has 0 amide bonds. The van der Waals surface area contributed by atoms with E-state index in [1.165, 1.54) is 6.07 Å². The summed E-state index contributed by atoms with van der Waals surface area (Å²) in [6.07, 6.45) is 1.29. The second-order valence-corrected chi connectivity index (χ2v) is 5.37. The molecule has 1 heterocycles. The number of rotatable bonds is 6. The first kappa shape index (κ1) is 15.2. The molecule has 1 unspecified atom stereocenters. The van der Waals surface area contributed by atoms with Crippen LogP contribution >= 0.6 is 15.9 Å². The normalized spacial score (nSPS) is 12.6. The van der Waals surface area contributed by atoms with Crippen LogP contribution < -0.4 is 5.32 Å². The molecule has 0 aliphatic carbocycles. The van der Waals surface area contributed by atoms with E-state index in [4.69, 9.17) is 4.42 Å². The number of hydrogen-bond donors (Lipinski definition) is 1. The van der Waals surface area contributed by atoms with E-state index in [9.17, 15) is 8.78 Å². The molecule has 0 saturated carbocycles. The average molecular weight is 344 g/mol. The second-order valence-electron chi connectivity index (χ2n) is 4.59. The summed E-state index contributed by atoms with van der Waals surface area (Å²) in [6.45, 7) is 2.82. The Morgan fingerprint density at radius 2 is 2.05 bits per heavy atom. The maximum Gasteiger partial charge on any atom is 0.169 e. The maximum atomic E-state index is 13.7. The van der Waals surface area contributed by atoms with Crippen LogP contribution in [0.15, 0.2) is 39.4 Å². The molecule has 0 spiro atoms. The molecule has 1 aromatic heterocycles. The molecule has 2 nitrogen and oxygen atoms in total. The summed E-state index contributed by atoms with van der Waals surface area (Å²) in [5.41, 5.74) is 0.339. The van der Waals surface area contributed by atoms with Gasteiger partial charge in [-0.05, 0) is 71.2 Å². The van der Waals surface area contributed by atoms with Crippen LogP contribution in [0.2, 0.25) is 0 Å². The summed E-state index contributed by atoms with van der Waals surface area (Å²) in [4.78, 5) is 0. The van der Waals surface area contributed by atoms with Gasteiger partial charge < -0.3 is 9.73 Å². The molecule has 0 aliphatic rings. The van der Waals surface area contributed by atoms with Gasteiger partial charge >= 0.3 is 0 Å². The van der Waals surface area contributed by atoms with Crippen molar-refractivity contribution in [2.75, 3.05) is 6.54 Å². The third-order valence-corrected chi connectivity index (χ3v) is 3.44. The van der Waals surface area contributed by atoms with E-state index in [-0.39, 0.29) is 6.04 Å². The van der Waals surface area contributed by atoms with Gasteiger partial charge in [0.1, 0.15) is 17.4 Å². The van der Waals surface area contributed by atoms with E-state index in [0.29, 0.717) is 22.4 Å². The first-order valence-electron chi connectivity index (χ1n) is 6.52. The van der Waals surface area contributed by atoms with Crippen molar-refractivity contribution in [2.45, 2.75) is 25.8 Å². The minimum absolute atomic E-state index is 0.183. The van der Waals surface area contributed by atoms with E-state index >= 15 is 0 Å². The Morgan fingerprint density at radius 1 is 1.25 bits per heavy atom. The van der Waals surface area contributed by atoms with Crippen molar-refractivity contribution in [2.24, 2.45) is 0 Å². The average Bonchev–Trinajstić information content (AvgIpc) is 2.85. The smallest absolute Gasteiger partial charge is 0.169 e. The van der Waals surface area contributed by atoms with Crippen molar-refractivity contribution >= 4 is 15.9 Å². The SMILES string of the molecule is CCCNC(Cc1cc(F)ccc1F)c1ccc(Br)o1. The van der Waals surface area contributed by atoms with Gasteiger partial charge in [0.2, 0.25) is 0 Å². The molecule has 1 aromatic carbocycles. The minimum atomic E-state index is -0.434. The van der Waals surface area contributed by atoms with E-state index in [0.717, 1.165) is 25.1 Å². The molecule has 0 fully saturated rings. The molecule has 1 atom stereocenters. The molecular weight excluding hydrogens is 328 g/mol. The molecule has 0 aliphatic heterocycles. The molecule has 2 aromatic rings. The fourth-order valence-corrected chi connectivity index (χ4v) is 2.35. The van der Waals surface area contributed by atoms with Gasteiger partial charge in [-0.25, -0.2) is 8.78 Å². The van der Waals surface area contributed by atoms with Gasteiger partial charge in [0.15, 0.2) is 4.67 Å². The number of furan rings is 1. The maximum absolute atomic E-state index is 13.7. The van der Waals surface area contributed by atoms with Crippen molar-refractivity contribution in [3.8, 4) is 0 Å². The Balaban J connectivity index is 2.21. The molecule has 0 radical (unpaired) electrons. The highest BCUT2D eigenvalue weighted by atomic mass is 79.9. The van der Waals surface area contributed by atoms with Crippen molar-refractivity contribution < 1.29 is 13.2 Å². The Kier molecular flexibility index (Phi) is 5.31. The van der Waals surface area contributed by atoms with E-state index in [2.05, 4.69) is 21.2 Å². The molecule has 20 heavy (non-hydrogen) atoms. The lowest BCUT2D eigenvalue weighted by Gasteiger charge is -2.16. The van der Waals surface area contributed by atoms with E-state index < -0.39 is 11.6 Å². The van der Waals surface area contributed by atoms with E-state index in [1.54, 1.807) is 6.07 Å². The number of nitrogens with one attached hydrogen (secondary N) is 1. The van der Waals surface area contributed by atoms with Crippen molar-refractivity contribution in [3.05, 3.63) is 58.0 Å². The first-order valence-corrected chi connectivity index (χ1v) is 7.32. The third kappa shape index (κ3) is 3.90. The van der Waals surface area contributed by atoms with Crippen LogP contribution in [0.5, 0.6) is 0 Å². The van der Waals surface area contributed by atoms with Gasteiger partial charge in [0.25, 0.3) is 0 Å². The molecule has 0 saturated heterocycles. The fourth-order valence-electron chi connectivity index (χ4n) is 2.03. The van der Waals surface area contributed by atoms with Gasteiger partial charge in [-0.3, -0.25) is 0 Å². The molecular formula is C15H16BrF2NO. The van der Waals surface area contributed by atoms with Gasteiger partial charge in [0, 0.05) is 0 Å². The predicted molar refractivity (Wildman–Crippen MR) is 77.5 cm³/mol. The molecule has 2 rings (SSSR count). The summed E-state index contributed by atoms with van der Waals surface area (Å²) in [7, 11) is 0. The lowest BCUT2D eigenvalue weighted by Crippen LogP contribution is -2.24. The highest BCUT2D eigenvalue weighted by Gasteiger charge is 2.17. The van der Waals surface area contributed by atoms with Crippen LogP contribution in [0.1, 0.15) is 30.7 Å². The fraction of sp³-hybridized carbons (Fsp3) is 0.333. The zero-order valence-electron chi connectivity index (χ0n) is 11.1. The van der Waals surface area contributed by atoms with Gasteiger partial charge in [-0.2, -0.15) is 0 Å². The number of benzene rings is 1. The molecule has 108 valence electrons. The monoisotopic (exact) mass is 343 g/mol. The van der Waals surface area contributed by atoms with Gasteiger partial charge in [0.05, 0.1) is 6.04 Å². The Bertz CT molecular complexity index is 571. The van der Waals surface area contributed by atoms with E-state index in [1.807, 2.05) is 13.0 Å². The van der Waals surface area contributed by atoms with Crippen LogP contribution in [0, 0.1) is 11.6 Å². The summed E-state index contributed by atoms with van der Waals surface area (Å²) in [5, 5.41) is 3.29. The third-order valence-electron chi connectivity index (χ3n) is 3.01. The van der Waals surface area contributed by atoms with Crippen molar-refractivity contribution in [1.82, 2.24) is 5.32 Å². The van der Waals surface area contributed by atoms with Crippen LogP contribution in [-0.4, -0.2) is 6.54 Å². The standard InChI is InChI=1S/C15H16BrF2NO/c1-2-7-19-13(14-5-6-15(16)20-14)9-10-8-11(17)3-4-12(10)18/h3-6,8,13,19H,2,7,9H2,1H3. The highest BCUT2D eigenvalue weighted by molar-refractivity contribution is 9.10. The molecule has 5 heteroatoms. The topological polar surface area (TPSA) is 25.2 Å². The Morgan fingerprint density at radius 3 is 2.70 bits per heavy atom. The van der Waals surface area contributed by atoms with Crippen LogP contribution in [-0.2, 0) is 6.42 Å². The number of hydrogen-bond acceptors (Lipinski definition) is 2. The summed E-state index contributed by atoms with van der Waals surface area (Å²) < 4.78 is 33.1. The zero-order valence-corrected chi connectivity index (χ0v) is 12.7. The number of halogens is 3.